The van der Waals surface area contributed by atoms with Crippen LogP contribution in [0.2, 0.25) is 0 Å². The number of phosphoric ester groups is 1. The molecule has 0 aromatic carbocycles. The van der Waals surface area contributed by atoms with E-state index in [4.69, 9.17) is 9.05 Å². The molecule has 3 atom stereocenters. The summed E-state index contributed by atoms with van der Waals surface area (Å²) in [6.45, 7) is 4.68. The van der Waals surface area contributed by atoms with Crippen molar-refractivity contribution in [2.24, 2.45) is 0 Å². The lowest BCUT2D eigenvalue weighted by molar-refractivity contribution is -0.870. The van der Waals surface area contributed by atoms with Crippen LogP contribution in [-0.4, -0.2) is 73.4 Å². The molecule has 0 radical (unpaired) electrons. The van der Waals surface area contributed by atoms with E-state index in [-0.39, 0.29) is 19.1 Å². The maximum absolute atomic E-state index is 13.0. The summed E-state index contributed by atoms with van der Waals surface area (Å²) in [6, 6.07) is -0.872. The Hall–Kier alpha value is -2.58. The topological polar surface area (TPSA) is 105 Å². The summed E-state index contributed by atoms with van der Waals surface area (Å²) in [5.74, 6) is -0.189. The van der Waals surface area contributed by atoms with E-state index < -0.39 is 20.0 Å². The zero-order valence-electron chi connectivity index (χ0n) is 51.6. The average molecular weight is 1110 g/mol. The third-order valence-corrected chi connectivity index (χ3v) is 15.2. The Kier molecular flexibility index (Phi) is 57.1. The first-order valence-electron chi connectivity index (χ1n) is 32.6. The molecule has 9 heteroatoms. The normalized spacial score (nSPS) is 14.4. The molecule has 0 fully saturated rings. The molecule has 0 bridgehead atoms. The summed E-state index contributed by atoms with van der Waals surface area (Å²) in [7, 11) is 1.55. The maximum Gasteiger partial charge on any atom is 0.472 e. The smallest absolute Gasteiger partial charge is 0.387 e. The minimum atomic E-state index is -4.36. The standard InChI is InChI=1S/C69H125N2O6P/c1-6-8-10-12-14-16-18-20-22-24-25-26-27-28-29-30-31-32-33-34-35-36-37-38-39-40-41-42-43-44-45-47-49-51-53-55-57-59-61-63-69(73)70-67(66-77-78(74,75)76-65-64-71(3,4)5)68(72)62-60-58-56-54-52-50-48-46-23-21-19-17-15-13-11-9-7-2/h8,10,14,16,20,22-23,25-26,28-29,46,52,54,60,62,67-68,72H,6-7,9,11-13,15,17-19,21,24,27,30-45,47-51,53,55-59,61,63-66H2,1-5H3,(H-,70,73,74,75)/p+1/b10-8-,16-14-,22-20-,26-25-,29-28-,46-23+,54-52+,62-60+. The molecule has 0 aliphatic rings. The second kappa shape index (κ2) is 59.1. The number of quaternary nitrogens is 1. The molecule has 3 unspecified atom stereocenters. The van der Waals surface area contributed by atoms with E-state index in [2.05, 4.69) is 104 Å². The average Bonchev–Trinajstić information content (AvgIpc) is 3.40. The number of nitrogens with zero attached hydrogens (tertiary/aromatic N) is 1. The van der Waals surface area contributed by atoms with Crippen LogP contribution in [0, 0.1) is 0 Å². The van der Waals surface area contributed by atoms with Crippen LogP contribution in [0.3, 0.4) is 0 Å². The van der Waals surface area contributed by atoms with Gasteiger partial charge in [-0.2, -0.15) is 0 Å². The van der Waals surface area contributed by atoms with Gasteiger partial charge in [-0.15, -0.1) is 0 Å². The van der Waals surface area contributed by atoms with Gasteiger partial charge in [0.1, 0.15) is 13.2 Å². The number of phosphoric acid groups is 1. The van der Waals surface area contributed by atoms with Gasteiger partial charge in [-0.25, -0.2) is 4.57 Å². The van der Waals surface area contributed by atoms with Gasteiger partial charge in [-0.1, -0.05) is 284 Å². The van der Waals surface area contributed by atoms with Gasteiger partial charge in [-0.05, 0) is 89.9 Å². The number of hydrogen-bond acceptors (Lipinski definition) is 5. The lowest BCUT2D eigenvalue weighted by Crippen LogP contribution is -2.45. The van der Waals surface area contributed by atoms with E-state index in [9.17, 15) is 19.4 Å². The van der Waals surface area contributed by atoms with Crippen molar-refractivity contribution in [2.45, 2.75) is 296 Å². The number of carbonyl (C=O) groups is 1. The highest BCUT2D eigenvalue weighted by Gasteiger charge is 2.27. The predicted molar refractivity (Wildman–Crippen MR) is 341 cm³/mol. The Balaban J connectivity index is 3.99. The molecule has 1 amide bonds. The summed E-state index contributed by atoms with van der Waals surface area (Å²) < 4.78 is 23.7. The zero-order chi connectivity index (χ0) is 57.0. The number of likely N-dealkylation sites (N-methyl/N-ethyl adjacent to an activating group) is 1. The van der Waals surface area contributed by atoms with E-state index in [1.807, 2.05) is 27.2 Å². The Morgan fingerprint density at radius 1 is 0.449 bits per heavy atom. The number of allylic oxidation sites excluding steroid dienone is 15. The molecule has 0 aliphatic heterocycles. The van der Waals surface area contributed by atoms with E-state index in [1.54, 1.807) is 6.08 Å². The van der Waals surface area contributed by atoms with Crippen LogP contribution in [0.5, 0.6) is 0 Å². The first-order valence-corrected chi connectivity index (χ1v) is 34.1. The molecule has 0 saturated carbocycles. The fourth-order valence-corrected chi connectivity index (χ4v) is 9.96. The second-order valence-corrected chi connectivity index (χ2v) is 24.5. The highest BCUT2D eigenvalue weighted by atomic mass is 31.2. The van der Waals surface area contributed by atoms with Crippen molar-refractivity contribution in [3.63, 3.8) is 0 Å². The van der Waals surface area contributed by atoms with Crippen LogP contribution in [0.15, 0.2) is 97.2 Å². The lowest BCUT2D eigenvalue weighted by atomic mass is 10.0. The number of amides is 1. The predicted octanol–water partition coefficient (Wildman–Crippen LogP) is 20.5. The molecule has 0 spiro atoms. The SMILES string of the molecule is CC/C=C\C/C=C\C/C=C\C/C=C\C/C=C\CCCCCCCCCCCCCCCCCCCCCCCCCC(=O)NC(COP(=O)(O)OCC[N+](C)(C)C)C(O)/C=C/CC/C=C/CC/C=C/CCCCCCCCC. The van der Waals surface area contributed by atoms with Crippen LogP contribution in [0.25, 0.3) is 0 Å². The van der Waals surface area contributed by atoms with Crippen molar-refractivity contribution in [1.82, 2.24) is 5.32 Å². The Labute approximate surface area is 483 Å². The van der Waals surface area contributed by atoms with Crippen molar-refractivity contribution in [2.75, 3.05) is 40.9 Å². The molecule has 0 aromatic heterocycles. The van der Waals surface area contributed by atoms with Crippen molar-refractivity contribution in [3.05, 3.63) is 97.2 Å². The minimum Gasteiger partial charge on any atom is -0.387 e. The number of carbonyl (C=O) groups excluding carboxylic acids is 1. The van der Waals surface area contributed by atoms with Gasteiger partial charge in [-0.3, -0.25) is 13.8 Å². The number of aliphatic hydroxyl groups is 1. The molecule has 8 nitrogen and oxygen atoms in total. The van der Waals surface area contributed by atoms with E-state index in [0.717, 1.165) is 77.0 Å². The fraction of sp³-hybridized carbons (Fsp3) is 0.754. The highest BCUT2D eigenvalue weighted by molar-refractivity contribution is 7.47. The molecule has 78 heavy (non-hydrogen) atoms. The Morgan fingerprint density at radius 2 is 0.782 bits per heavy atom. The van der Waals surface area contributed by atoms with Crippen LogP contribution in [0.1, 0.15) is 284 Å². The van der Waals surface area contributed by atoms with Gasteiger partial charge in [0.2, 0.25) is 5.91 Å². The molecule has 0 aliphatic carbocycles. The molecular weight excluding hydrogens is 984 g/mol. The highest BCUT2D eigenvalue weighted by Crippen LogP contribution is 2.43. The van der Waals surface area contributed by atoms with E-state index in [1.165, 1.54) is 186 Å². The molecule has 0 aromatic rings. The molecule has 452 valence electrons. The molecule has 0 rings (SSSR count). The number of hydrogen-bond donors (Lipinski definition) is 3. The Bertz CT molecular complexity index is 1590. The third kappa shape index (κ3) is 61.0. The second-order valence-electron chi connectivity index (χ2n) is 23.1. The van der Waals surface area contributed by atoms with Crippen LogP contribution < -0.4 is 5.32 Å². The Morgan fingerprint density at radius 3 is 1.18 bits per heavy atom. The quantitative estimate of drug-likeness (QED) is 0.0243. The lowest BCUT2D eigenvalue weighted by Gasteiger charge is -2.25. The molecule has 3 N–H and O–H groups in total. The monoisotopic (exact) mass is 1110 g/mol. The van der Waals surface area contributed by atoms with Crippen LogP contribution >= 0.6 is 7.82 Å². The van der Waals surface area contributed by atoms with E-state index in [0.29, 0.717) is 17.4 Å². The van der Waals surface area contributed by atoms with Crippen molar-refractivity contribution in [3.8, 4) is 0 Å². The maximum atomic E-state index is 13.0. The fourth-order valence-electron chi connectivity index (χ4n) is 9.22. The molecule has 0 heterocycles. The number of rotatable bonds is 59. The van der Waals surface area contributed by atoms with Gasteiger partial charge in [0.05, 0.1) is 39.9 Å². The van der Waals surface area contributed by atoms with E-state index >= 15 is 0 Å². The number of unbranched alkanes of at least 4 members (excludes halogenated alkanes) is 32. The van der Waals surface area contributed by atoms with Gasteiger partial charge in [0.15, 0.2) is 0 Å². The van der Waals surface area contributed by atoms with Crippen LogP contribution in [-0.2, 0) is 18.4 Å². The van der Waals surface area contributed by atoms with Crippen molar-refractivity contribution >= 4 is 13.7 Å². The van der Waals surface area contributed by atoms with Gasteiger partial charge >= 0.3 is 7.82 Å². The summed E-state index contributed by atoms with van der Waals surface area (Å²) in [4.78, 5) is 23.3. The summed E-state index contributed by atoms with van der Waals surface area (Å²) in [5.41, 5.74) is 0. The third-order valence-electron chi connectivity index (χ3n) is 14.3. The summed E-state index contributed by atoms with van der Waals surface area (Å²) >= 11 is 0. The summed E-state index contributed by atoms with van der Waals surface area (Å²) in [5, 5.41) is 13.9. The number of aliphatic hydroxyl groups excluding tert-OH is 1. The first-order chi connectivity index (χ1) is 38.0. The zero-order valence-corrected chi connectivity index (χ0v) is 52.5. The molecule has 0 saturated heterocycles. The largest absolute Gasteiger partial charge is 0.472 e. The summed E-state index contributed by atoms with van der Waals surface area (Å²) in [6.07, 6.45) is 85.5. The van der Waals surface area contributed by atoms with Gasteiger partial charge in [0.25, 0.3) is 0 Å². The number of nitrogens with one attached hydrogen (secondary N) is 1. The van der Waals surface area contributed by atoms with Crippen LogP contribution in [0.4, 0.5) is 0 Å². The van der Waals surface area contributed by atoms with Gasteiger partial charge < -0.3 is 19.8 Å². The molecular formula is C69H126N2O6P+. The van der Waals surface area contributed by atoms with Gasteiger partial charge in [0, 0.05) is 6.42 Å². The minimum absolute atomic E-state index is 0.0520. The van der Waals surface area contributed by atoms with Crippen molar-refractivity contribution in [1.29, 1.82) is 0 Å². The van der Waals surface area contributed by atoms with Crippen molar-refractivity contribution < 1.29 is 32.9 Å². The first kappa shape index (κ1) is 75.4.